The standard InChI is InChI=1S/C8H4BrClO3/c9-6-3-4(10)1-2-5(6)7(11)8(12)13/h1-3H,(H,12,13). The number of halogens is 2. The monoisotopic (exact) mass is 262 g/mol. The summed E-state index contributed by atoms with van der Waals surface area (Å²) in [5.41, 5.74) is 0.0944. The summed E-state index contributed by atoms with van der Waals surface area (Å²) >= 11 is 8.66. The summed E-state index contributed by atoms with van der Waals surface area (Å²) < 4.78 is 0.382. The molecule has 3 nitrogen and oxygen atoms in total. The fourth-order valence-electron chi connectivity index (χ4n) is 0.789. The third-order valence-corrected chi connectivity index (χ3v) is 2.26. The number of hydrogen-bond acceptors (Lipinski definition) is 2. The number of carbonyl (C=O) groups is 2. The predicted octanol–water partition coefficient (Wildman–Crippen LogP) is 2.37. The summed E-state index contributed by atoms with van der Waals surface area (Å²) in [6, 6.07) is 4.29. The highest BCUT2D eigenvalue weighted by atomic mass is 79.9. The summed E-state index contributed by atoms with van der Waals surface area (Å²) in [6.07, 6.45) is 0. The minimum Gasteiger partial charge on any atom is -0.475 e. The fourth-order valence-corrected chi connectivity index (χ4v) is 1.65. The van der Waals surface area contributed by atoms with Crippen LogP contribution in [0, 0.1) is 0 Å². The number of benzene rings is 1. The van der Waals surface area contributed by atoms with E-state index in [-0.39, 0.29) is 5.56 Å². The highest BCUT2D eigenvalue weighted by molar-refractivity contribution is 9.10. The number of carboxylic acid groups (broad SMARTS) is 1. The lowest BCUT2D eigenvalue weighted by molar-refractivity contribution is -0.131. The molecule has 0 spiro atoms. The summed E-state index contributed by atoms with van der Waals surface area (Å²) in [5, 5.41) is 8.86. The molecule has 0 bridgehead atoms. The van der Waals surface area contributed by atoms with Crippen molar-refractivity contribution in [2.24, 2.45) is 0 Å². The Hall–Kier alpha value is -0.870. The quantitative estimate of drug-likeness (QED) is 0.658. The van der Waals surface area contributed by atoms with Crippen molar-refractivity contribution in [3.05, 3.63) is 33.3 Å². The van der Waals surface area contributed by atoms with Crippen LogP contribution in [0.5, 0.6) is 0 Å². The maximum Gasteiger partial charge on any atom is 0.377 e. The summed E-state index contributed by atoms with van der Waals surface area (Å²) in [6.45, 7) is 0. The van der Waals surface area contributed by atoms with Gasteiger partial charge < -0.3 is 5.11 Å². The minimum atomic E-state index is -1.48. The number of ketones is 1. The van der Waals surface area contributed by atoms with Crippen LogP contribution in [0.15, 0.2) is 22.7 Å². The van der Waals surface area contributed by atoms with Crippen molar-refractivity contribution in [2.45, 2.75) is 0 Å². The Morgan fingerprint density at radius 2 is 2.00 bits per heavy atom. The average Bonchev–Trinajstić information content (AvgIpc) is 2.03. The van der Waals surface area contributed by atoms with Crippen LogP contribution in [0.3, 0.4) is 0 Å². The van der Waals surface area contributed by atoms with Gasteiger partial charge in [0.25, 0.3) is 5.78 Å². The van der Waals surface area contributed by atoms with E-state index in [4.69, 9.17) is 16.7 Å². The van der Waals surface area contributed by atoms with Gasteiger partial charge in [0.15, 0.2) is 0 Å². The molecule has 5 heteroatoms. The van der Waals surface area contributed by atoms with Gasteiger partial charge in [0.1, 0.15) is 0 Å². The zero-order valence-electron chi connectivity index (χ0n) is 6.25. The topological polar surface area (TPSA) is 54.4 Å². The lowest BCUT2D eigenvalue weighted by atomic mass is 10.1. The van der Waals surface area contributed by atoms with E-state index >= 15 is 0 Å². The van der Waals surface area contributed by atoms with Crippen molar-refractivity contribution in [1.29, 1.82) is 0 Å². The molecule has 13 heavy (non-hydrogen) atoms. The largest absolute Gasteiger partial charge is 0.475 e. The third-order valence-electron chi connectivity index (χ3n) is 1.37. The van der Waals surface area contributed by atoms with Gasteiger partial charge in [-0.3, -0.25) is 4.79 Å². The molecule has 0 saturated heterocycles. The van der Waals surface area contributed by atoms with Crippen LogP contribution >= 0.6 is 27.5 Å². The first kappa shape index (κ1) is 10.2. The number of hydrogen-bond donors (Lipinski definition) is 1. The smallest absolute Gasteiger partial charge is 0.377 e. The Morgan fingerprint density at radius 1 is 1.38 bits per heavy atom. The van der Waals surface area contributed by atoms with Crippen LogP contribution in [0.25, 0.3) is 0 Å². The molecule has 1 rings (SSSR count). The van der Waals surface area contributed by atoms with Crippen molar-refractivity contribution in [3.8, 4) is 0 Å². The normalized spacial score (nSPS) is 9.69. The van der Waals surface area contributed by atoms with Gasteiger partial charge in [-0.2, -0.15) is 0 Å². The van der Waals surface area contributed by atoms with E-state index in [0.717, 1.165) is 0 Å². The number of carbonyl (C=O) groups excluding carboxylic acids is 1. The van der Waals surface area contributed by atoms with E-state index in [9.17, 15) is 9.59 Å². The van der Waals surface area contributed by atoms with E-state index in [1.54, 1.807) is 0 Å². The van der Waals surface area contributed by atoms with Crippen LogP contribution < -0.4 is 0 Å². The SMILES string of the molecule is O=C(O)C(=O)c1ccc(Cl)cc1Br. The number of aliphatic carboxylic acids is 1. The summed E-state index contributed by atoms with van der Waals surface area (Å²) in [7, 11) is 0. The molecular weight excluding hydrogens is 259 g/mol. The highest BCUT2D eigenvalue weighted by Gasteiger charge is 2.17. The molecule has 1 aromatic carbocycles. The zero-order valence-corrected chi connectivity index (χ0v) is 8.59. The van der Waals surface area contributed by atoms with Crippen molar-refractivity contribution in [2.75, 3.05) is 0 Å². The van der Waals surface area contributed by atoms with Gasteiger partial charge in [0.05, 0.1) is 0 Å². The van der Waals surface area contributed by atoms with E-state index in [0.29, 0.717) is 9.50 Å². The van der Waals surface area contributed by atoms with Crippen LogP contribution in [-0.2, 0) is 4.79 Å². The Morgan fingerprint density at radius 3 is 2.46 bits per heavy atom. The number of Topliss-reactive ketones (excluding diaryl/α,β-unsaturated/α-hetero) is 1. The van der Waals surface area contributed by atoms with E-state index < -0.39 is 11.8 Å². The second-order valence-corrected chi connectivity index (χ2v) is 3.55. The molecule has 0 aromatic heterocycles. The van der Waals surface area contributed by atoms with Gasteiger partial charge in [-0.05, 0) is 34.1 Å². The Bertz CT molecular complexity index is 376. The fraction of sp³-hybridized carbons (Fsp3) is 0. The second-order valence-electron chi connectivity index (χ2n) is 2.26. The first-order valence-electron chi connectivity index (χ1n) is 3.25. The highest BCUT2D eigenvalue weighted by Crippen LogP contribution is 2.21. The van der Waals surface area contributed by atoms with Crippen LogP contribution in [0.4, 0.5) is 0 Å². The first-order valence-corrected chi connectivity index (χ1v) is 4.42. The van der Waals surface area contributed by atoms with Crippen LogP contribution in [0.2, 0.25) is 5.02 Å². The van der Waals surface area contributed by atoms with Crippen molar-refractivity contribution in [3.63, 3.8) is 0 Å². The molecule has 0 saturated carbocycles. The summed E-state index contributed by atoms with van der Waals surface area (Å²) in [4.78, 5) is 21.3. The molecule has 0 aliphatic rings. The first-order chi connectivity index (χ1) is 6.02. The predicted molar refractivity (Wildman–Crippen MR) is 51.1 cm³/mol. The van der Waals surface area contributed by atoms with Crippen LogP contribution in [0.1, 0.15) is 10.4 Å². The van der Waals surface area contributed by atoms with Gasteiger partial charge in [0.2, 0.25) is 0 Å². The number of rotatable bonds is 2. The van der Waals surface area contributed by atoms with Crippen molar-refractivity contribution < 1.29 is 14.7 Å². The second kappa shape index (κ2) is 3.89. The van der Waals surface area contributed by atoms with E-state index in [2.05, 4.69) is 15.9 Å². The van der Waals surface area contributed by atoms with E-state index in [1.807, 2.05) is 0 Å². The molecule has 68 valence electrons. The zero-order chi connectivity index (χ0) is 10.0. The Balaban J connectivity index is 3.16. The molecule has 0 unspecified atom stereocenters. The number of carboxylic acids is 1. The molecule has 0 heterocycles. The van der Waals surface area contributed by atoms with Crippen molar-refractivity contribution in [1.82, 2.24) is 0 Å². The minimum absolute atomic E-state index is 0.0944. The lowest BCUT2D eigenvalue weighted by Crippen LogP contribution is -2.13. The molecule has 0 radical (unpaired) electrons. The summed E-state index contributed by atoms with van der Waals surface area (Å²) in [5.74, 6) is -2.44. The Labute approximate surface area is 87.4 Å². The van der Waals surface area contributed by atoms with Crippen molar-refractivity contribution >= 4 is 39.3 Å². The molecule has 0 aliphatic carbocycles. The molecule has 0 aliphatic heterocycles. The van der Waals surface area contributed by atoms with Gasteiger partial charge in [-0.1, -0.05) is 11.6 Å². The van der Waals surface area contributed by atoms with Crippen LogP contribution in [-0.4, -0.2) is 16.9 Å². The molecule has 1 aromatic rings. The maximum atomic E-state index is 11.0. The van der Waals surface area contributed by atoms with Gasteiger partial charge in [-0.15, -0.1) is 0 Å². The molecule has 0 atom stereocenters. The van der Waals surface area contributed by atoms with E-state index in [1.165, 1.54) is 18.2 Å². The lowest BCUT2D eigenvalue weighted by Gasteiger charge is -1.99. The van der Waals surface area contributed by atoms with Gasteiger partial charge >= 0.3 is 5.97 Å². The molecular formula is C8H4BrClO3. The van der Waals surface area contributed by atoms with Gasteiger partial charge in [-0.25, -0.2) is 4.79 Å². The third kappa shape index (κ3) is 2.29. The molecule has 0 amide bonds. The maximum absolute atomic E-state index is 11.0. The Kier molecular flexibility index (Phi) is 3.06. The average molecular weight is 263 g/mol. The molecule has 0 fully saturated rings. The molecule has 1 N–H and O–H groups in total. The van der Waals surface area contributed by atoms with Gasteiger partial charge in [0, 0.05) is 15.1 Å².